The lowest BCUT2D eigenvalue weighted by atomic mass is 9.79. The van der Waals surface area contributed by atoms with E-state index in [1.54, 1.807) is 0 Å². The number of piperidine rings is 2. The minimum Gasteiger partial charge on any atom is -0.379 e. The summed E-state index contributed by atoms with van der Waals surface area (Å²) in [5, 5.41) is 6.91. The zero-order valence-electron chi connectivity index (χ0n) is 20.2. The van der Waals surface area contributed by atoms with Crippen LogP contribution in [0.25, 0.3) is 0 Å². The van der Waals surface area contributed by atoms with Gasteiger partial charge in [0.2, 0.25) is 5.91 Å². The Morgan fingerprint density at radius 2 is 1.79 bits per heavy atom. The molecule has 0 spiro atoms. The fourth-order valence-corrected chi connectivity index (χ4v) is 5.51. The number of halogens is 3. The lowest BCUT2D eigenvalue weighted by Gasteiger charge is -2.46. The molecule has 3 fully saturated rings. The second kappa shape index (κ2) is 17.0. The summed E-state index contributed by atoms with van der Waals surface area (Å²) in [5.74, 6) is 1.70. The fraction of sp³-hybridized carbons (Fsp3) is 0.720. The summed E-state index contributed by atoms with van der Waals surface area (Å²) < 4.78 is 5.38. The third-order valence-electron chi connectivity index (χ3n) is 7.13. The molecule has 0 saturated carbocycles. The van der Waals surface area contributed by atoms with E-state index in [0.717, 1.165) is 77.7 Å². The van der Waals surface area contributed by atoms with Crippen molar-refractivity contribution in [3.05, 3.63) is 35.9 Å². The summed E-state index contributed by atoms with van der Waals surface area (Å²) in [5.41, 5.74) is 1.41. The van der Waals surface area contributed by atoms with E-state index in [-0.39, 0.29) is 43.1 Å². The number of fused-ring (bicyclic) bond motifs is 2. The number of hydrogen-bond donors (Lipinski definition) is 2. The van der Waals surface area contributed by atoms with Gasteiger partial charge in [-0.1, -0.05) is 30.3 Å². The Kier molecular flexibility index (Phi) is 15.7. The van der Waals surface area contributed by atoms with Crippen molar-refractivity contribution in [3.8, 4) is 0 Å². The van der Waals surface area contributed by atoms with Crippen molar-refractivity contribution in [2.24, 2.45) is 11.8 Å². The predicted octanol–water partition coefficient (Wildman–Crippen LogP) is 3.37. The van der Waals surface area contributed by atoms with Crippen LogP contribution < -0.4 is 10.6 Å². The molecule has 196 valence electrons. The van der Waals surface area contributed by atoms with Crippen LogP contribution in [0.3, 0.4) is 0 Å². The molecule has 0 radical (unpaired) electrons. The molecule has 4 rings (SSSR count). The van der Waals surface area contributed by atoms with Gasteiger partial charge in [-0.05, 0) is 56.2 Å². The molecular weight excluding hydrogens is 495 g/mol. The van der Waals surface area contributed by atoms with Crippen LogP contribution in [0.15, 0.2) is 30.3 Å². The maximum Gasteiger partial charge on any atom is 0.219 e. The van der Waals surface area contributed by atoms with E-state index in [9.17, 15) is 4.79 Å². The lowest BCUT2D eigenvalue weighted by Crippen LogP contribution is -2.55. The van der Waals surface area contributed by atoms with E-state index in [4.69, 9.17) is 4.74 Å². The predicted molar refractivity (Wildman–Crippen MR) is 146 cm³/mol. The highest BCUT2D eigenvalue weighted by Gasteiger charge is 2.36. The van der Waals surface area contributed by atoms with Crippen molar-refractivity contribution in [2.45, 2.75) is 44.7 Å². The first-order chi connectivity index (χ1) is 15.3. The molecule has 3 atom stereocenters. The van der Waals surface area contributed by atoms with Crippen molar-refractivity contribution >= 4 is 43.1 Å². The number of hydrogen-bond acceptors (Lipinski definition) is 5. The zero-order chi connectivity index (χ0) is 21.3. The van der Waals surface area contributed by atoms with E-state index in [1.807, 2.05) is 0 Å². The number of likely N-dealkylation sites (tertiary alicyclic amines) is 1. The number of nitrogens with one attached hydrogen (secondary N) is 2. The van der Waals surface area contributed by atoms with Crippen LogP contribution in [-0.4, -0.2) is 80.8 Å². The number of rotatable bonds is 10. The van der Waals surface area contributed by atoms with Gasteiger partial charge in [-0.3, -0.25) is 14.6 Å². The first-order valence-corrected chi connectivity index (χ1v) is 12.3. The normalized spacial score (nSPS) is 24.8. The maximum atomic E-state index is 12.2. The molecule has 0 aromatic heterocycles. The topological polar surface area (TPSA) is 56.8 Å². The van der Waals surface area contributed by atoms with Crippen LogP contribution in [0.4, 0.5) is 0 Å². The molecule has 3 aliphatic rings. The van der Waals surface area contributed by atoms with Gasteiger partial charge in [-0.2, -0.15) is 0 Å². The van der Waals surface area contributed by atoms with Crippen LogP contribution in [0.5, 0.6) is 0 Å². The molecule has 34 heavy (non-hydrogen) atoms. The summed E-state index contributed by atoms with van der Waals surface area (Å²) in [6.07, 6.45) is 5.11. The summed E-state index contributed by atoms with van der Waals surface area (Å²) in [6.45, 7) is 10.1. The average Bonchev–Trinajstić information content (AvgIpc) is 2.80. The Balaban J connectivity index is 0.00000193. The van der Waals surface area contributed by atoms with E-state index in [0.29, 0.717) is 18.4 Å². The van der Waals surface area contributed by atoms with Gasteiger partial charge in [0.05, 0.1) is 13.2 Å². The SMILES string of the molecule is Cl.Cl.Cl.O=C(CCC[C@H]1NC[C@@H]2C[C@H]1CN(Cc1ccccc1)C2)NCCCN1CCOCC1. The molecule has 1 amide bonds. The van der Waals surface area contributed by atoms with Crippen molar-refractivity contribution in [1.82, 2.24) is 20.4 Å². The zero-order valence-corrected chi connectivity index (χ0v) is 22.6. The first-order valence-electron chi connectivity index (χ1n) is 12.3. The Morgan fingerprint density at radius 3 is 2.56 bits per heavy atom. The van der Waals surface area contributed by atoms with Crippen LogP contribution in [0.1, 0.15) is 37.7 Å². The molecule has 3 heterocycles. The van der Waals surface area contributed by atoms with Crippen LogP contribution >= 0.6 is 37.2 Å². The number of carbonyl (C=O) groups is 1. The quantitative estimate of drug-likeness (QED) is 0.448. The smallest absolute Gasteiger partial charge is 0.219 e. The van der Waals surface area contributed by atoms with Crippen molar-refractivity contribution in [2.75, 3.05) is 59.0 Å². The van der Waals surface area contributed by atoms with E-state index >= 15 is 0 Å². The summed E-state index contributed by atoms with van der Waals surface area (Å²) >= 11 is 0. The van der Waals surface area contributed by atoms with Gasteiger partial charge in [0, 0.05) is 51.7 Å². The molecule has 1 aromatic rings. The minimum atomic E-state index is 0. The molecule has 0 aliphatic carbocycles. The van der Waals surface area contributed by atoms with E-state index in [1.165, 1.54) is 25.1 Å². The van der Waals surface area contributed by atoms with Gasteiger partial charge in [-0.15, -0.1) is 37.2 Å². The van der Waals surface area contributed by atoms with Crippen molar-refractivity contribution in [3.63, 3.8) is 0 Å². The van der Waals surface area contributed by atoms with Gasteiger partial charge >= 0.3 is 0 Å². The first kappa shape index (κ1) is 31.4. The van der Waals surface area contributed by atoms with E-state index < -0.39 is 0 Å². The van der Waals surface area contributed by atoms with Gasteiger partial charge in [0.15, 0.2) is 0 Å². The molecule has 0 unspecified atom stereocenters. The van der Waals surface area contributed by atoms with Gasteiger partial charge in [-0.25, -0.2) is 0 Å². The van der Waals surface area contributed by atoms with Crippen LogP contribution in [-0.2, 0) is 16.1 Å². The second-order valence-corrected chi connectivity index (χ2v) is 9.61. The molecule has 3 aliphatic heterocycles. The molecule has 2 N–H and O–H groups in total. The number of amides is 1. The van der Waals surface area contributed by atoms with Gasteiger partial charge < -0.3 is 15.4 Å². The van der Waals surface area contributed by atoms with Crippen molar-refractivity contribution in [1.29, 1.82) is 0 Å². The molecular formula is C25H43Cl3N4O2. The second-order valence-electron chi connectivity index (χ2n) is 9.61. The average molecular weight is 538 g/mol. The van der Waals surface area contributed by atoms with Crippen LogP contribution in [0, 0.1) is 11.8 Å². The lowest BCUT2D eigenvalue weighted by molar-refractivity contribution is -0.121. The Labute approximate surface area is 224 Å². The standard InChI is InChI=1S/C25H40N4O2.3ClH/c30-25(26-10-5-11-28-12-14-31-15-13-28)9-4-8-24-23-16-22(17-27-24)19-29(20-23)18-21-6-2-1-3-7-21;;;/h1-3,6-7,22-24,27H,4-5,8-20H2,(H,26,30);3*1H/t22-,23-,24+;;;/m0.../s1. The highest BCUT2D eigenvalue weighted by atomic mass is 35.5. The Morgan fingerprint density at radius 1 is 1.03 bits per heavy atom. The number of morpholine rings is 1. The highest BCUT2D eigenvalue weighted by molar-refractivity contribution is 5.86. The molecule has 1 aromatic carbocycles. The van der Waals surface area contributed by atoms with Gasteiger partial charge in [0.1, 0.15) is 0 Å². The third-order valence-corrected chi connectivity index (χ3v) is 7.13. The minimum absolute atomic E-state index is 0. The summed E-state index contributed by atoms with van der Waals surface area (Å²) in [7, 11) is 0. The number of ether oxygens (including phenoxy) is 1. The molecule has 3 saturated heterocycles. The molecule has 6 nitrogen and oxygen atoms in total. The molecule has 9 heteroatoms. The Bertz CT molecular complexity index is 679. The highest BCUT2D eigenvalue weighted by Crippen LogP contribution is 2.31. The number of nitrogens with zero attached hydrogens (tertiary/aromatic N) is 2. The van der Waals surface area contributed by atoms with Gasteiger partial charge in [0.25, 0.3) is 0 Å². The monoisotopic (exact) mass is 536 g/mol. The van der Waals surface area contributed by atoms with Crippen LogP contribution in [0.2, 0.25) is 0 Å². The Hall–Kier alpha value is -0.600. The van der Waals surface area contributed by atoms with Crippen molar-refractivity contribution < 1.29 is 9.53 Å². The fourth-order valence-electron chi connectivity index (χ4n) is 5.51. The van der Waals surface area contributed by atoms with E-state index in [2.05, 4.69) is 50.8 Å². The number of benzene rings is 1. The third kappa shape index (κ3) is 10.2. The summed E-state index contributed by atoms with van der Waals surface area (Å²) in [6, 6.07) is 11.4. The largest absolute Gasteiger partial charge is 0.379 e. The maximum absolute atomic E-state index is 12.2. The number of carbonyl (C=O) groups excluding carboxylic acids is 1. The summed E-state index contributed by atoms with van der Waals surface area (Å²) in [4.78, 5) is 17.3. The molecule has 2 bridgehead atoms.